The van der Waals surface area contributed by atoms with Crippen LogP contribution in [0.25, 0.3) is 10.9 Å². The lowest BCUT2D eigenvalue weighted by Crippen LogP contribution is -2.18. The van der Waals surface area contributed by atoms with Gasteiger partial charge in [0, 0.05) is 22.5 Å². The van der Waals surface area contributed by atoms with E-state index in [-0.39, 0.29) is 5.91 Å². The van der Waals surface area contributed by atoms with Gasteiger partial charge < -0.3 is 14.6 Å². The molecule has 1 heterocycles. The number of fused-ring (bicyclic) bond motifs is 1. The Kier molecular flexibility index (Phi) is 5.44. The third kappa shape index (κ3) is 3.39. The van der Waals surface area contributed by atoms with Gasteiger partial charge in [0.1, 0.15) is 11.4 Å². The molecule has 0 atom stereocenters. The van der Waals surface area contributed by atoms with Gasteiger partial charge in [0.05, 0.1) is 17.3 Å². The molecule has 0 fully saturated rings. The molecule has 0 spiro atoms. The Hall–Kier alpha value is -2.17. The van der Waals surface area contributed by atoms with E-state index in [1.807, 2.05) is 43.5 Å². The molecule has 2 aromatic carbocycles. The molecule has 0 bridgehead atoms. The third-order valence-corrected chi connectivity index (χ3v) is 4.87. The average Bonchev–Trinajstić information content (AvgIpc) is 2.90. The van der Waals surface area contributed by atoms with Crippen LogP contribution in [0.3, 0.4) is 0 Å². The van der Waals surface area contributed by atoms with Crippen molar-refractivity contribution in [1.82, 2.24) is 4.57 Å². The number of ether oxygens (including phenoxy) is 1. The summed E-state index contributed by atoms with van der Waals surface area (Å²) < 4.78 is 7.59. The van der Waals surface area contributed by atoms with Crippen LogP contribution in [0.4, 0.5) is 5.69 Å². The maximum Gasteiger partial charge on any atom is 0.272 e. The lowest BCUT2D eigenvalue weighted by molar-refractivity contribution is 0.101. The van der Waals surface area contributed by atoms with E-state index in [0.717, 1.165) is 22.2 Å². The van der Waals surface area contributed by atoms with Crippen molar-refractivity contribution in [2.75, 3.05) is 11.9 Å². The largest absolute Gasteiger partial charge is 0.494 e. The summed E-state index contributed by atoms with van der Waals surface area (Å²) in [5.41, 5.74) is 2.99. The average molecular weight is 391 g/mol. The Bertz CT molecular complexity index is 980. The zero-order chi connectivity index (χ0) is 18.8. The fourth-order valence-electron chi connectivity index (χ4n) is 3.15. The zero-order valence-electron chi connectivity index (χ0n) is 14.9. The highest BCUT2D eigenvalue weighted by Gasteiger charge is 2.21. The highest BCUT2D eigenvalue weighted by atomic mass is 35.5. The summed E-state index contributed by atoms with van der Waals surface area (Å²) in [5, 5.41) is 4.83. The van der Waals surface area contributed by atoms with Crippen molar-refractivity contribution in [2.24, 2.45) is 0 Å². The molecule has 0 saturated heterocycles. The van der Waals surface area contributed by atoms with Gasteiger partial charge in [-0.1, -0.05) is 23.2 Å². The molecular weight excluding hydrogens is 371 g/mol. The van der Waals surface area contributed by atoms with Crippen molar-refractivity contribution < 1.29 is 9.53 Å². The first-order valence-corrected chi connectivity index (χ1v) is 9.23. The van der Waals surface area contributed by atoms with Crippen molar-refractivity contribution in [3.63, 3.8) is 0 Å². The fourth-order valence-corrected chi connectivity index (χ4v) is 3.49. The highest BCUT2D eigenvalue weighted by molar-refractivity contribution is 6.36. The highest BCUT2D eigenvalue weighted by Crippen LogP contribution is 2.31. The zero-order valence-corrected chi connectivity index (χ0v) is 16.4. The van der Waals surface area contributed by atoms with E-state index >= 15 is 0 Å². The molecule has 4 nitrogen and oxygen atoms in total. The number of amides is 1. The van der Waals surface area contributed by atoms with Gasteiger partial charge in [-0.05, 0) is 62.7 Å². The molecule has 0 unspecified atom stereocenters. The number of carbonyl (C=O) groups is 1. The summed E-state index contributed by atoms with van der Waals surface area (Å²) >= 11 is 12.2. The minimum absolute atomic E-state index is 0.220. The Labute approximate surface area is 162 Å². The molecule has 136 valence electrons. The summed E-state index contributed by atoms with van der Waals surface area (Å²) in [4.78, 5) is 13.0. The standard InChI is InChI=1S/C20H20Cl2N2O2/c1-4-24-18-9-7-14(26-5-2)11-15(18)12(3)19(24)20(25)23-17-10-13(21)6-8-16(17)22/h6-11H,4-5H2,1-3H3,(H,23,25). The molecule has 1 N–H and O–H groups in total. The summed E-state index contributed by atoms with van der Waals surface area (Å²) in [5.74, 6) is 0.573. The predicted octanol–water partition coefficient (Wildman–Crippen LogP) is 5.93. The maximum absolute atomic E-state index is 13.0. The monoisotopic (exact) mass is 390 g/mol. The molecule has 1 aromatic heterocycles. The number of hydrogen-bond donors (Lipinski definition) is 1. The van der Waals surface area contributed by atoms with E-state index in [2.05, 4.69) is 5.32 Å². The molecule has 3 aromatic rings. The summed E-state index contributed by atoms with van der Waals surface area (Å²) in [7, 11) is 0. The van der Waals surface area contributed by atoms with Crippen LogP contribution >= 0.6 is 23.2 Å². The second kappa shape index (κ2) is 7.60. The van der Waals surface area contributed by atoms with Gasteiger partial charge in [-0.25, -0.2) is 0 Å². The van der Waals surface area contributed by atoms with Crippen LogP contribution in [0.5, 0.6) is 5.75 Å². The number of carbonyl (C=O) groups excluding carboxylic acids is 1. The molecule has 0 aliphatic carbocycles. The Balaban J connectivity index is 2.07. The van der Waals surface area contributed by atoms with Gasteiger partial charge >= 0.3 is 0 Å². The number of halogens is 2. The van der Waals surface area contributed by atoms with Crippen molar-refractivity contribution in [1.29, 1.82) is 0 Å². The van der Waals surface area contributed by atoms with E-state index < -0.39 is 0 Å². The molecule has 26 heavy (non-hydrogen) atoms. The van der Waals surface area contributed by atoms with Crippen LogP contribution in [0.15, 0.2) is 36.4 Å². The Morgan fingerprint density at radius 2 is 1.92 bits per heavy atom. The van der Waals surface area contributed by atoms with Gasteiger partial charge in [0.15, 0.2) is 0 Å². The number of nitrogens with zero attached hydrogens (tertiary/aromatic N) is 1. The fraction of sp³-hybridized carbons (Fsp3) is 0.250. The molecule has 0 radical (unpaired) electrons. The van der Waals surface area contributed by atoms with E-state index in [4.69, 9.17) is 27.9 Å². The minimum Gasteiger partial charge on any atom is -0.494 e. The molecule has 0 aliphatic heterocycles. The Morgan fingerprint density at radius 1 is 1.15 bits per heavy atom. The van der Waals surface area contributed by atoms with Gasteiger partial charge in [0.25, 0.3) is 5.91 Å². The number of aromatic nitrogens is 1. The number of nitrogens with one attached hydrogen (secondary N) is 1. The van der Waals surface area contributed by atoms with E-state index in [9.17, 15) is 4.79 Å². The van der Waals surface area contributed by atoms with Gasteiger partial charge in [-0.3, -0.25) is 4.79 Å². The first kappa shape index (κ1) is 18.6. The summed E-state index contributed by atoms with van der Waals surface area (Å²) in [6.45, 7) is 7.17. The number of aryl methyl sites for hydroxylation is 2. The molecule has 3 rings (SSSR count). The first-order valence-electron chi connectivity index (χ1n) is 8.48. The van der Waals surface area contributed by atoms with E-state index in [1.165, 1.54) is 0 Å². The summed E-state index contributed by atoms with van der Waals surface area (Å²) in [6.07, 6.45) is 0. The van der Waals surface area contributed by atoms with Crippen molar-refractivity contribution in [3.05, 3.63) is 57.7 Å². The summed E-state index contributed by atoms with van der Waals surface area (Å²) in [6, 6.07) is 10.9. The molecule has 0 aliphatic rings. The number of rotatable bonds is 5. The lowest BCUT2D eigenvalue weighted by Gasteiger charge is -2.11. The lowest BCUT2D eigenvalue weighted by atomic mass is 10.1. The number of hydrogen-bond acceptors (Lipinski definition) is 2. The van der Waals surface area contributed by atoms with Crippen LogP contribution in [-0.2, 0) is 6.54 Å². The van der Waals surface area contributed by atoms with Crippen molar-refractivity contribution in [3.8, 4) is 5.75 Å². The van der Waals surface area contributed by atoms with Crippen LogP contribution < -0.4 is 10.1 Å². The Morgan fingerprint density at radius 3 is 2.62 bits per heavy atom. The van der Waals surface area contributed by atoms with E-state index in [0.29, 0.717) is 34.6 Å². The van der Waals surface area contributed by atoms with E-state index in [1.54, 1.807) is 18.2 Å². The van der Waals surface area contributed by atoms with Gasteiger partial charge in [-0.2, -0.15) is 0 Å². The van der Waals surface area contributed by atoms with Crippen LogP contribution in [0, 0.1) is 6.92 Å². The second-order valence-corrected chi connectivity index (χ2v) is 6.75. The van der Waals surface area contributed by atoms with Crippen LogP contribution in [0.1, 0.15) is 29.9 Å². The van der Waals surface area contributed by atoms with Crippen molar-refractivity contribution in [2.45, 2.75) is 27.3 Å². The SMILES string of the molecule is CCOc1ccc2c(c1)c(C)c(C(=O)Nc1cc(Cl)ccc1Cl)n2CC. The maximum atomic E-state index is 13.0. The molecule has 1 amide bonds. The normalized spacial score (nSPS) is 11.0. The molecular formula is C20H20Cl2N2O2. The second-order valence-electron chi connectivity index (χ2n) is 5.91. The smallest absolute Gasteiger partial charge is 0.272 e. The minimum atomic E-state index is -0.220. The third-order valence-electron chi connectivity index (χ3n) is 4.31. The topological polar surface area (TPSA) is 43.3 Å². The quantitative estimate of drug-likeness (QED) is 0.586. The van der Waals surface area contributed by atoms with Crippen LogP contribution in [-0.4, -0.2) is 17.1 Å². The molecule has 6 heteroatoms. The van der Waals surface area contributed by atoms with Crippen LogP contribution in [0.2, 0.25) is 10.0 Å². The van der Waals surface area contributed by atoms with Crippen molar-refractivity contribution >= 4 is 45.7 Å². The first-order chi connectivity index (χ1) is 12.5. The number of benzene rings is 2. The van der Waals surface area contributed by atoms with Gasteiger partial charge in [0.2, 0.25) is 0 Å². The predicted molar refractivity (Wildman–Crippen MR) is 108 cm³/mol. The van der Waals surface area contributed by atoms with Gasteiger partial charge in [-0.15, -0.1) is 0 Å². The molecule has 0 saturated carbocycles. The number of anilines is 1.